The van der Waals surface area contributed by atoms with E-state index in [0.717, 1.165) is 4.88 Å². The molecule has 0 radical (unpaired) electrons. The molecular formula is C19H24N2O3S. The number of rotatable bonds is 9. The molecule has 0 aliphatic heterocycles. The van der Waals surface area contributed by atoms with E-state index in [2.05, 4.69) is 5.32 Å². The van der Waals surface area contributed by atoms with Gasteiger partial charge in [-0.25, -0.2) is 0 Å². The quantitative estimate of drug-likeness (QED) is 0.698. The zero-order valence-corrected chi connectivity index (χ0v) is 15.5. The molecule has 2 aromatic rings. The third-order valence-electron chi connectivity index (χ3n) is 3.68. The van der Waals surface area contributed by atoms with Gasteiger partial charge in [0.15, 0.2) is 0 Å². The SMILES string of the molecule is CCOc1ccccc1C(=O)NCCCC(=O)N(C)Cc1cccs1. The fourth-order valence-corrected chi connectivity index (χ4v) is 3.14. The number of amides is 2. The molecule has 134 valence electrons. The summed E-state index contributed by atoms with van der Waals surface area (Å²) in [6.07, 6.45) is 1.02. The van der Waals surface area contributed by atoms with Gasteiger partial charge in [-0.05, 0) is 36.9 Å². The number of benzene rings is 1. The van der Waals surface area contributed by atoms with Crippen LogP contribution < -0.4 is 10.1 Å². The summed E-state index contributed by atoms with van der Waals surface area (Å²) in [6.45, 7) is 3.48. The number of hydrogen-bond donors (Lipinski definition) is 1. The average molecular weight is 360 g/mol. The maximum absolute atomic E-state index is 12.2. The Kier molecular flexibility index (Phi) is 7.47. The van der Waals surface area contributed by atoms with Crippen LogP contribution in [0.2, 0.25) is 0 Å². The van der Waals surface area contributed by atoms with Gasteiger partial charge in [-0.2, -0.15) is 0 Å². The molecule has 5 nitrogen and oxygen atoms in total. The third-order valence-corrected chi connectivity index (χ3v) is 4.54. The van der Waals surface area contributed by atoms with E-state index in [1.54, 1.807) is 41.5 Å². The Hall–Kier alpha value is -2.34. The predicted octanol–water partition coefficient (Wildman–Crippen LogP) is 3.32. The first-order chi connectivity index (χ1) is 12.1. The molecule has 25 heavy (non-hydrogen) atoms. The minimum Gasteiger partial charge on any atom is -0.493 e. The van der Waals surface area contributed by atoms with Crippen molar-refractivity contribution >= 4 is 23.2 Å². The Balaban J connectivity index is 1.73. The van der Waals surface area contributed by atoms with Crippen molar-refractivity contribution in [2.75, 3.05) is 20.2 Å². The number of thiophene rings is 1. The second-order valence-electron chi connectivity index (χ2n) is 5.62. The molecular weight excluding hydrogens is 336 g/mol. The minimum absolute atomic E-state index is 0.0809. The maximum Gasteiger partial charge on any atom is 0.255 e. The second-order valence-corrected chi connectivity index (χ2v) is 6.65. The van der Waals surface area contributed by atoms with Crippen molar-refractivity contribution in [1.29, 1.82) is 0 Å². The highest BCUT2D eigenvalue weighted by Gasteiger charge is 2.12. The minimum atomic E-state index is -0.177. The van der Waals surface area contributed by atoms with E-state index in [9.17, 15) is 9.59 Å². The summed E-state index contributed by atoms with van der Waals surface area (Å²) >= 11 is 1.64. The Bertz CT molecular complexity index is 686. The standard InChI is InChI=1S/C19H24N2O3S/c1-3-24-17-10-5-4-9-16(17)19(23)20-12-6-11-18(22)21(2)14-15-8-7-13-25-15/h4-5,7-10,13H,3,6,11-12,14H2,1-2H3,(H,20,23). The number of carbonyl (C=O) groups is 2. The molecule has 1 heterocycles. The van der Waals surface area contributed by atoms with Gasteiger partial charge in [-0.15, -0.1) is 11.3 Å². The number of nitrogens with one attached hydrogen (secondary N) is 1. The third kappa shape index (κ3) is 5.90. The number of ether oxygens (including phenoxy) is 1. The average Bonchev–Trinajstić information content (AvgIpc) is 3.12. The zero-order valence-electron chi connectivity index (χ0n) is 14.7. The van der Waals surface area contributed by atoms with E-state index in [1.807, 2.05) is 30.5 Å². The number of carbonyl (C=O) groups excluding carboxylic acids is 2. The van der Waals surface area contributed by atoms with Crippen LogP contribution in [0.25, 0.3) is 0 Å². The lowest BCUT2D eigenvalue weighted by atomic mass is 10.2. The Labute approximate surface area is 152 Å². The van der Waals surface area contributed by atoms with E-state index in [1.165, 1.54) is 0 Å². The normalized spacial score (nSPS) is 10.3. The maximum atomic E-state index is 12.2. The van der Waals surface area contributed by atoms with Gasteiger partial charge in [0, 0.05) is 24.9 Å². The molecule has 0 aliphatic carbocycles. The van der Waals surface area contributed by atoms with Gasteiger partial charge in [0.2, 0.25) is 5.91 Å². The summed E-state index contributed by atoms with van der Waals surface area (Å²) in [4.78, 5) is 27.3. The zero-order chi connectivity index (χ0) is 18.1. The summed E-state index contributed by atoms with van der Waals surface area (Å²) < 4.78 is 5.46. The van der Waals surface area contributed by atoms with Crippen molar-refractivity contribution < 1.29 is 14.3 Å². The first-order valence-corrected chi connectivity index (χ1v) is 9.26. The monoisotopic (exact) mass is 360 g/mol. The van der Waals surface area contributed by atoms with Crippen LogP contribution in [0.1, 0.15) is 35.0 Å². The van der Waals surface area contributed by atoms with Crippen molar-refractivity contribution in [3.63, 3.8) is 0 Å². The summed E-state index contributed by atoms with van der Waals surface area (Å²) in [5.74, 6) is 0.482. The fourth-order valence-electron chi connectivity index (χ4n) is 2.39. The van der Waals surface area contributed by atoms with E-state index in [-0.39, 0.29) is 11.8 Å². The van der Waals surface area contributed by atoms with Gasteiger partial charge < -0.3 is 15.0 Å². The van der Waals surface area contributed by atoms with Crippen molar-refractivity contribution in [1.82, 2.24) is 10.2 Å². The van der Waals surface area contributed by atoms with E-state index in [4.69, 9.17) is 4.74 Å². The summed E-state index contributed by atoms with van der Waals surface area (Å²) in [7, 11) is 1.80. The van der Waals surface area contributed by atoms with Crippen molar-refractivity contribution in [3.8, 4) is 5.75 Å². The molecule has 0 aliphatic rings. The van der Waals surface area contributed by atoms with Crippen LogP contribution >= 0.6 is 11.3 Å². The number of para-hydroxylation sites is 1. The fraction of sp³-hybridized carbons (Fsp3) is 0.368. The van der Waals surface area contributed by atoms with E-state index < -0.39 is 0 Å². The Morgan fingerprint density at radius 1 is 1.20 bits per heavy atom. The highest BCUT2D eigenvalue weighted by Crippen LogP contribution is 2.17. The van der Waals surface area contributed by atoms with Crippen molar-refractivity contribution in [2.24, 2.45) is 0 Å². The molecule has 0 atom stereocenters. The second kappa shape index (κ2) is 9.84. The first kappa shape index (κ1) is 19.0. The van der Waals surface area contributed by atoms with Gasteiger partial charge in [-0.1, -0.05) is 18.2 Å². The smallest absolute Gasteiger partial charge is 0.255 e. The summed E-state index contributed by atoms with van der Waals surface area (Å²) in [5.41, 5.74) is 0.519. The van der Waals surface area contributed by atoms with Crippen molar-refractivity contribution in [3.05, 3.63) is 52.2 Å². The molecule has 1 N–H and O–H groups in total. The van der Waals surface area contributed by atoms with Gasteiger partial charge in [0.1, 0.15) is 5.75 Å². The lowest BCUT2D eigenvalue weighted by Crippen LogP contribution is -2.28. The molecule has 0 bridgehead atoms. The Morgan fingerprint density at radius 2 is 2.00 bits per heavy atom. The first-order valence-electron chi connectivity index (χ1n) is 8.38. The molecule has 1 aromatic heterocycles. The number of nitrogens with zero attached hydrogens (tertiary/aromatic N) is 1. The van der Waals surface area contributed by atoms with E-state index in [0.29, 0.717) is 43.9 Å². The Morgan fingerprint density at radius 3 is 2.72 bits per heavy atom. The largest absolute Gasteiger partial charge is 0.493 e. The molecule has 2 rings (SSSR count). The lowest BCUT2D eigenvalue weighted by molar-refractivity contribution is -0.130. The molecule has 2 amide bonds. The van der Waals surface area contributed by atoms with E-state index >= 15 is 0 Å². The molecule has 0 spiro atoms. The summed E-state index contributed by atoms with van der Waals surface area (Å²) in [6, 6.07) is 11.2. The molecule has 0 saturated heterocycles. The van der Waals surface area contributed by atoms with Crippen LogP contribution in [-0.2, 0) is 11.3 Å². The van der Waals surface area contributed by atoms with Crippen molar-refractivity contribution in [2.45, 2.75) is 26.3 Å². The van der Waals surface area contributed by atoms with Crippen LogP contribution in [-0.4, -0.2) is 36.9 Å². The van der Waals surface area contributed by atoms with Gasteiger partial charge in [0.25, 0.3) is 5.91 Å². The van der Waals surface area contributed by atoms with Crippen LogP contribution in [0, 0.1) is 0 Å². The van der Waals surface area contributed by atoms with Crippen LogP contribution in [0.15, 0.2) is 41.8 Å². The van der Waals surface area contributed by atoms with Crippen LogP contribution in [0.5, 0.6) is 5.75 Å². The molecule has 6 heteroatoms. The van der Waals surface area contributed by atoms with Gasteiger partial charge in [0.05, 0.1) is 18.7 Å². The highest BCUT2D eigenvalue weighted by atomic mass is 32.1. The van der Waals surface area contributed by atoms with Crippen LogP contribution in [0.3, 0.4) is 0 Å². The topological polar surface area (TPSA) is 58.6 Å². The molecule has 0 unspecified atom stereocenters. The predicted molar refractivity (Wildman–Crippen MR) is 100.0 cm³/mol. The van der Waals surface area contributed by atoms with Gasteiger partial charge >= 0.3 is 0 Å². The number of hydrogen-bond acceptors (Lipinski definition) is 4. The van der Waals surface area contributed by atoms with Crippen LogP contribution in [0.4, 0.5) is 0 Å². The molecule has 0 saturated carbocycles. The molecule has 1 aromatic carbocycles. The molecule has 0 fully saturated rings. The van der Waals surface area contributed by atoms with Gasteiger partial charge in [-0.3, -0.25) is 9.59 Å². The summed E-state index contributed by atoms with van der Waals surface area (Å²) in [5, 5.41) is 4.85. The highest BCUT2D eigenvalue weighted by molar-refractivity contribution is 7.09. The lowest BCUT2D eigenvalue weighted by Gasteiger charge is -2.16.